The van der Waals surface area contributed by atoms with Crippen molar-refractivity contribution in [3.63, 3.8) is 0 Å². The molecule has 0 aliphatic heterocycles. The maximum absolute atomic E-state index is 12.3. The first-order valence-corrected chi connectivity index (χ1v) is 10.6. The van der Waals surface area contributed by atoms with Gasteiger partial charge in [-0.25, -0.2) is 8.42 Å². The fourth-order valence-corrected chi connectivity index (χ4v) is 3.49. The Labute approximate surface area is 167 Å². The van der Waals surface area contributed by atoms with Crippen LogP contribution in [0, 0.1) is 10.1 Å². The van der Waals surface area contributed by atoms with Gasteiger partial charge < -0.3 is 10.6 Å². The third-order valence-corrected chi connectivity index (χ3v) is 5.44. The van der Waals surface area contributed by atoms with Crippen molar-refractivity contribution >= 4 is 37.9 Å². The van der Waals surface area contributed by atoms with Crippen LogP contribution >= 0.6 is 0 Å². The molecule has 0 unspecified atom stereocenters. The number of amides is 1. The predicted octanol–water partition coefficient (Wildman–Crippen LogP) is 2.99. The summed E-state index contributed by atoms with van der Waals surface area (Å²) in [7, 11) is -3.55. The van der Waals surface area contributed by atoms with E-state index in [9.17, 15) is 23.3 Å². The van der Waals surface area contributed by atoms with E-state index in [1.165, 1.54) is 12.1 Å². The van der Waals surface area contributed by atoms with Gasteiger partial charge in [-0.05, 0) is 35.0 Å². The first kappa shape index (κ1) is 20.3. The van der Waals surface area contributed by atoms with Gasteiger partial charge >= 0.3 is 0 Å². The van der Waals surface area contributed by atoms with Gasteiger partial charge in [-0.1, -0.05) is 30.3 Å². The van der Waals surface area contributed by atoms with Crippen LogP contribution in [0.1, 0.15) is 10.4 Å². The lowest BCUT2D eigenvalue weighted by atomic mass is 10.1. The largest absolute Gasteiger partial charge is 0.378 e. The van der Waals surface area contributed by atoms with Crippen LogP contribution in [0.2, 0.25) is 0 Å². The van der Waals surface area contributed by atoms with Crippen molar-refractivity contribution in [1.29, 1.82) is 0 Å². The van der Waals surface area contributed by atoms with Crippen molar-refractivity contribution in [1.82, 2.24) is 5.32 Å². The van der Waals surface area contributed by atoms with Crippen molar-refractivity contribution in [2.24, 2.45) is 0 Å². The summed E-state index contributed by atoms with van der Waals surface area (Å²) in [6.45, 7) is 0.467. The van der Waals surface area contributed by atoms with Crippen LogP contribution in [-0.4, -0.2) is 38.6 Å². The van der Waals surface area contributed by atoms with Gasteiger partial charge in [-0.3, -0.25) is 14.9 Å². The minimum absolute atomic E-state index is 0.126. The highest BCUT2D eigenvalue weighted by atomic mass is 32.2. The molecule has 0 spiro atoms. The van der Waals surface area contributed by atoms with Crippen LogP contribution in [0.25, 0.3) is 10.8 Å². The summed E-state index contributed by atoms with van der Waals surface area (Å²) in [4.78, 5) is 22.8. The molecule has 2 N–H and O–H groups in total. The molecule has 29 heavy (non-hydrogen) atoms. The zero-order valence-corrected chi connectivity index (χ0v) is 16.4. The number of nitro groups is 1. The Morgan fingerprint density at radius 3 is 2.41 bits per heavy atom. The van der Waals surface area contributed by atoms with Crippen molar-refractivity contribution in [2.75, 3.05) is 24.7 Å². The summed E-state index contributed by atoms with van der Waals surface area (Å²) < 4.78 is 23.2. The molecule has 3 aromatic carbocycles. The quantitative estimate of drug-likeness (QED) is 0.349. The second-order valence-electron chi connectivity index (χ2n) is 6.45. The zero-order valence-electron chi connectivity index (χ0n) is 15.6. The van der Waals surface area contributed by atoms with Gasteiger partial charge in [0.15, 0.2) is 9.84 Å². The lowest BCUT2D eigenvalue weighted by Gasteiger charge is -2.10. The SMILES string of the molecule is CS(=O)(=O)c1ccc(NCCNC(=O)c2ccc3ccccc3c2)c([N+](=O)[O-])c1. The molecule has 0 radical (unpaired) electrons. The number of nitro benzene ring substituents is 1. The number of nitrogens with one attached hydrogen (secondary N) is 2. The van der Waals surface area contributed by atoms with Gasteiger partial charge in [0.2, 0.25) is 0 Å². The van der Waals surface area contributed by atoms with Crippen LogP contribution in [-0.2, 0) is 9.84 Å². The van der Waals surface area contributed by atoms with Crippen LogP contribution in [0.15, 0.2) is 65.6 Å². The van der Waals surface area contributed by atoms with Crippen LogP contribution < -0.4 is 10.6 Å². The normalized spacial score (nSPS) is 11.2. The molecule has 0 aromatic heterocycles. The van der Waals surface area contributed by atoms with E-state index in [0.717, 1.165) is 23.1 Å². The Morgan fingerprint density at radius 2 is 1.72 bits per heavy atom. The Morgan fingerprint density at radius 1 is 1.00 bits per heavy atom. The Balaban J connectivity index is 1.62. The first-order valence-electron chi connectivity index (χ1n) is 8.75. The average molecular weight is 413 g/mol. The second kappa shape index (κ2) is 8.27. The maximum atomic E-state index is 12.3. The Bertz CT molecular complexity index is 1190. The van der Waals surface area contributed by atoms with Gasteiger partial charge in [0.25, 0.3) is 11.6 Å². The molecule has 0 saturated heterocycles. The lowest BCUT2D eigenvalue weighted by molar-refractivity contribution is -0.384. The molecule has 3 aromatic rings. The van der Waals surface area contributed by atoms with Crippen molar-refractivity contribution in [2.45, 2.75) is 4.90 Å². The molecular weight excluding hydrogens is 394 g/mol. The molecule has 0 saturated carbocycles. The second-order valence-corrected chi connectivity index (χ2v) is 8.47. The number of rotatable bonds is 7. The van der Waals surface area contributed by atoms with E-state index in [-0.39, 0.29) is 35.3 Å². The maximum Gasteiger partial charge on any atom is 0.293 e. The van der Waals surface area contributed by atoms with Crippen LogP contribution in [0.3, 0.4) is 0 Å². The number of fused-ring (bicyclic) bond motifs is 1. The van der Waals surface area contributed by atoms with E-state index in [1.807, 2.05) is 30.3 Å². The van der Waals surface area contributed by atoms with E-state index in [2.05, 4.69) is 10.6 Å². The summed E-state index contributed by atoms with van der Waals surface area (Å²) in [5, 5.41) is 18.8. The number of sulfone groups is 1. The zero-order chi connectivity index (χ0) is 21.0. The minimum atomic E-state index is -3.55. The third kappa shape index (κ3) is 4.88. The summed E-state index contributed by atoms with van der Waals surface area (Å²) in [5.41, 5.74) is 0.364. The number of carbonyl (C=O) groups is 1. The summed E-state index contributed by atoms with van der Waals surface area (Å²) in [6.07, 6.45) is 0.988. The molecule has 0 bridgehead atoms. The van der Waals surface area contributed by atoms with Crippen molar-refractivity contribution in [3.05, 3.63) is 76.3 Å². The van der Waals surface area contributed by atoms with Gasteiger partial charge in [-0.15, -0.1) is 0 Å². The van der Waals surface area contributed by atoms with Gasteiger partial charge in [-0.2, -0.15) is 0 Å². The molecular formula is C20H19N3O5S. The fourth-order valence-electron chi connectivity index (χ4n) is 2.85. The number of benzene rings is 3. The highest BCUT2D eigenvalue weighted by Crippen LogP contribution is 2.27. The number of anilines is 1. The molecule has 8 nitrogen and oxygen atoms in total. The molecule has 0 aliphatic carbocycles. The van der Waals surface area contributed by atoms with Gasteiger partial charge in [0, 0.05) is 31.0 Å². The number of nitrogens with zero attached hydrogens (tertiary/aromatic N) is 1. The van der Waals surface area contributed by atoms with Crippen molar-refractivity contribution < 1.29 is 18.1 Å². The summed E-state index contributed by atoms with van der Waals surface area (Å²) in [6, 6.07) is 16.8. The number of hydrogen-bond acceptors (Lipinski definition) is 6. The van der Waals surface area contributed by atoms with Crippen molar-refractivity contribution in [3.8, 4) is 0 Å². The highest BCUT2D eigenvalue weighted by molar-refractivity contribution is 7.90. The van der Waals surface area contributed by atoms with E-state index in [4.69, 9.17) is 0 Å². The van der Waals surface area contributed by atoms with Crippen LogP contribution in [0.5, 0.6) is 0 Å². The fraction of sp³-hybridized carbons (Fsp3) is 0.150. The highest BCUT2D eigenvalue weighted by Gasteiger charge is 2.18. The predicted molar refractivity (Wildman–Crippen MR) is 111 cm³/mol. The van der Waals surface area contributed by atoms with E-state index in [0.29, 0.717) is 5.56 Å². The topological polar surface area (TPSA) is 118 Å². The molecule has 150 valence electrons. The molecule has 0 heterocycles. The van der Waals surface area contributed by atoms with E-state index < -0.39 is 14.8 Å². The number of carbonyl (C=O) groups excluding carboxylic acids is 1. The summed E-state index contributed by atoms with van der Waals surface area (Å²) in [5.74, 6) is -0.250. The molecule has 1 amide bonds. The lowest BCUT2D eigenvalue weighted by Crippen LogP contribution is -2.28. The smallest absolute Gasteiger partial charge is 0.293 e. The monoisotopic (exact) mass is 413 g/mol. The average Bonchev–Trinajstić information content (AvgIpc) is 2.69. The Hall–Kier alpha value is -3.46. The molecule has 0 aliphatic rings. The van der Waals surface area contributed by atoms with Gasteiger partial charge in [0.1, 0.15) is 5.69 Å². The minimum Gasteiger partial charge on any atom is -0.378 e. The first-order chi connectivity index (χ1) is 13.8. The van der Waals surface area contributed by atoms with E-state index in [1.54, 1.807) is 12.1 Å². The summed E-state index contributed by atoms with van der Waals surface area (Å²) >= 11 is 0. The standard InChI is InChI=1S/C20H19N3O5S/c1-29(27,28)17-8-9-18(19(13-17)23(25)26)21-10-11-22-20(24)16-7-6-14-4-2-3-5-15(14)12-16/h2-9,12-13,21H,10-11H2,1H3,(H,22,24). The third-order valence-electron chi connectivity index (χ3n) is 4.33. The molecule has 3 rings (SSSR count). The Kier molecular flexibility index (Phi) is 5.79. The molecule has 9 heteroatoms. The number of hydrogen-bond donors (Lipinski definition) is 2. The molecule has 0 fully saturated rings. The van der Waals surface area contributed by atoms with Gasteiger partial charge in [0.05, 0.1) is 9.82 Å². The van der Waals surface area contributed by atoms with E-state index >= 15 is 0 Å². The van der Waals surface area contributed by atoms with Crippen LogP contribution in [0.4, 0.5) is 11.4 Å². The molecule has 0 atom stereocenters.